The number of methoxy groups -OCH3 is 1. The van der Waals surface area contributed by atoms with Gasteiger partial charge < -0.3 is 10.1 Å². The van der Waals surface area contributed by atoms with Crippen molar-refractivity contribution in [2.75, 3.05) is 7.11 Å². The van der Waals surface area contributed by atoms with Crippen LogP contribution in [0.1, 0.15) is 42.6 Å². The number of ether oxygens (including phenoxy) is 1. The molecule has 0 aliphatic rings. The highest BCUT2D eigenvalue weighted by molar-refractivity contribution is 5.39. The molecule has 0 radical (unpaired) electrons. The number of rotatable bonds is 5. The minimum absolute atomic E-state index is 0.0564. The molecule has 0 saturated heterocycles. The molecule has 0 saturated carbocycles. The lowest BCUT2D eigenvalue weighted by atomic mass is 10.0. The molecule has 0 aliphatic heterocycles. The number of benzene rings is 2. The van der Waals surface area contributed by atoms with Crippen molar-refractivity contribution in [3.05, 3.63) is 65.0 Å². The molecule has 2 nitrogen and oxygen atoms in total. The smallest absolute Gasteiger partial charge is 0.123 e. The van der Waals surface area contributed by atoms with Crippen molar-refractivity contribution >= 4 is 0 Å². The molecule has 0 spiro atoms. The summed E-state index contributed by atoms with van der Waals surface area (Å²) in [6, 6.07) is 13.0. The van der Waals surface area contributed by atoms with Gasteiger partial charge in [0.15, 0.2) is 0 Å². The fourth-order valence-corrected chi connectivity index (χ4v) is 2.53. The quantitative estimate of drug-likeness (QED) is 0.870. The fourth-order valence-electron chi connectivity index (χ4n) is 2.53. The first-order chi connectivity index (χ1) is 10.0. The Hall–Kier alpha value is -1.87. The maximum atomic E-state index is 13.3. The minimum atomic E-state index is -0.207. The first-order valence-electron chi connectivity index (χ1n) is 7.17. The maximum Gasteiger partial charge on any atom is 0.123 e. The largest absolute Gasteiger partial charge is 0.496 e. The van der Waals surface area contributed by atoms with Crippen LogP contribution in [0.2, 0.25) is 0 Å². The van der Waals surface area contributed by atoms with Crippen LogP contribution < -0.4 is 10.1 Å². The Bertz CT molecular complexity index is 612. The summed E-state index contributed by atoms with van der Waals surface area (Å²) < 4.78 is 18.7. The van der Waals surface area contributed by atoms with Crippen LogP contribution in [0.4, 0.5) is 4.39 Å². The Kier molecular flexibility index (Phi) is 4.97. The zero-order valence-corrected chi connectivity index (χ0v) is 13.0. The number of halogens is 1. The Morgan fingerprint density at radius 1 is 1.05 bits per heavy atom. The van der Waals surface area contributed by atoms with Crippen molar-refractivity contribution in [2.24, 2.45) is 0 Å². The number of hydrogen-bond donors (Lipinski definition) is 1. The van der Waals surface area contributed by atoms with Crippen molar-refractivity contribution in [1.29, 1.82) is 0 Å². The van der Waals surface area contributed by atoms with E-state index in [1.165, 1.54) is 11.6 Å². The van der Waals surface area contributed by atoms with Gasteiger partial charge in [0.1, 0.15) is 11.6 Å². The van der Waals surface area contributed by atoms with E-state index in [9.17, 15) is 4.39 Å². The van der Waals surface area contributed by atoms with Gasteiger partial charge in [-0.1, -0.05) is 29.8 Å². The van der Waals surface area contributed by atoms with Crippen LogP contribution in [0, 0.1) is 12.7 Å². The predicted molar refractivity (Wildman–Crippen MR) is 84.1 cm³/mol. The van der Waals surface area contributed by atoms with Crippen molar-refractivity contribution in [2.45, 2.75) is 32.9 Å². The molecule has 21 heavy (non-hydrogen) atoms. The second kappa shape index (κ2) is 6.72. The van der Waals surface area contributed by atoms with E-state index in [-0.39, 0.29) is 17.9 Å². The van der Waals surface area contributed by atoms with Crippen LogP contribution in [0.25, 0.3) is 0 Å². The Morgan fingerprint density at radius 2 is 1.81 bits per heavy atom. The van der Waals surface area contributed by atoms with E-state index in [0.29, 0.717) is 0 Å². The van der Waals surface area contributed by atoms with Gasteiger partial charge >= 0.3 is 0 Å². The third-order valence-electron chi connectivity index (χ3n) is 3.70. The first-order valence-corrected chi connectivity index (χ1v) is 7.17. The summed E-state index contributed by atoms with van der Waals surface area (Å²) in [5.74, 6) is 0.661. The predicted octanol–water partition coefficient (Wildman–Crippen LogP) is 4.55. The zero-order chi connectivity index (χ0) is 15.4. The maximum absolute atomic E-state index is 13.3. The van der Waals surface area contributed by atoms with Crippen molar-refractivity contribution in [3.63, 3.8) is 0 Å². The van der Waals surface area contributed by atoms with Crippen LogP contribution in [0.3, 0.4) is 0 Å². The molecule has 0 aromatic heterocycles. The molecule has 0 amide bonds. The van der Waals surface area contributed by atoms with Gasteiger partial charge in [0.2, 0.25) is 0 Å². The molecule has 2 rings (SSSR count). The highest BCUT2D eigenvalue weighted by atomic mass is 19.1. The number of aryl methyl sites for hydroxylation is 1. The summed E-state index contributed by atoms with van der Waals surface area (Å²) in [5, 5.41) is 3.49. The van der Waals surface area contributed by atoms with E-state index < -0.39 is 0 Å². The van der Waals surface area contributed by atoms with Crippen LogP contribution in [-0.4, -0.2) is 7.11 Å². The molecule has 3 heteroatoms. The first kappa shape index (κ1) is 15.5. The summed E-state index contributed by atoms with van der Waals surface area (Å²) in [6.07, 6.45) is 0. The second-order valence-corrected chi connectivity index (χ2v) is 5.41. The topological polar surface area (TPSA) is 21.3 Å². The standard InChI is InChI=1S/C18H22FNO/c1-12-8-9-18(21-4)17(10-12)14(3)20-13(2)15-6-5-7-16(19)11-15/h5-11,13-14,20H,1-4H3. The molecule has 1 N–H and O–H groups in total. The highest BCUT2D eigenvalue weighted by Crippen LogP contribution is 2.28. The van der Waals surface area contributed by atoms with Gasteiger partial charge in [-0.2, -0.15) is 0 Å². The van der Waals surface area contributed by atoms with Crippen LogP contribution >= 0.6 is 0 Å². The third kappa shape index (κ3) is 3.82. The molecule has 0 bridgehead atoms. The molecular formula is C18H22FNO. The Balaban J connectivity index is 2.17. The fraction of sp³-hybridized carbons (Fsp3) is 0.333. The summed E-state index contributed by atoms with van der Waals surface area (Å²) in [5.41, 5.74) is 3.24. The van der Waals surface area contributed by atoms with Gasteiger partial charge in [0.05, 0.1) is 7.11 Å². The SMILES string of the molecule is COc1ccc(C)cc1C(C)NC(C)c1cccc(F)c1. The Labute approximate surface area is 126 Å². The van der Waals surface area contributed by atoms with Crippen LogP contribution in [0.15, 0.2) is 42.5 Å². The minimum Gasteiger partial charge on any atom is -0.496 e. The van der Waals surface area contributed by atoms with Gasteiger partial charge in [-0.05, 0) is 44.5 Å². The molecule has 0 aliphatic carbocycles. The van der Waals surface area contributed by atoms with E-state index in [2.05, 4.69) is 25.2 Å². The van der Waals surface area contributed by atoms with Crippen molar-refractivity contribution in [3.8, 4) is 5.75 Å². The summed E-state index contributed by atoms with van der Waals surface area (Å²) in [7, 11) is 1.68. The third-order valence-corrected chi connectivity index (χ3v) is 3.70. The van der Waals surface area contributed by atoms with Crippen molar-refractivity contribution in [1.82, 2.24) is 5.32 Å². The molecular weight excluding hydrogens is 265 g/mol. The molecule has 2 aromatic rings. The van der Waals surface area contributed by atoms with Crippen LogP contribution in [0.5, 0.6) is 5.75 Å². The zero-order valence-electron chi connectivity index (χ0n) is 13.0. The van der Waals surface area contributed by atoms with Gasteiger partial charge in [0.25, 0.3) is 0 Å². The van der Waals surface area contributed by atoms with Crippen LogP contribution in [-0.2, 0) is 0 Å². The van der Waals surface area contributed by atoms with Gasteiger partial charge in [-0.25, -0.2) is 4.39 Å². The summed E-state index contributed by atoms with van der Waals surface area (Å²) in [4.78, 5) is 0. The van der Waals surface area contributed by atoms with Gasteiger partial charge in [0, 0.05) is 17.6 Å². The van der Waals surface area contributed by atoms with E-state index in [1.54, 1.807) is 19.2 Å². The summed E-state index contributed by atoms with van der Waals surface area (Å²) >= 11 is 0. The van der Waals surface area contributed by atoms with Crippen molar-refractivity contribution < 1.29 is 9.13 Å². The second-order valence-electron chi connectivity index (χ2n) is 5.41. The van der Waals surface area contributed by atoms with E-state index in [4.69, 9.17) is 4.74 Å². The lowest BCUT2D eigenvalue weighted by Gasteiger charge is -2.22. The molecule has 2 aromatic carbocycles. The van der Waals surface area contributed by atoms with Gasteiger partial charge in [-0.3, -0.25) is 0 Å². The molecule has 0 heterocycles. The van der Waals surface area contributed by atoms with Gasteiger partial charge in [-0.15, -0.1) is 0 Å². The lowest BCUT2D eigenvalue weighted by molar-refractivity contribution is 0.396. The monoisotopic (exact) mass is 287 g/mol. The molecule has 2 atom stereocenters. The highest BCUT2D eigenvalue weighted by Gasteiger charge is 2.15. The average molecular weight is 287 g/mol. The normalized spacial score (nSPS) is 13.8. The Morgan fingerprint density at radius 3 is 2.48 bits per heavy atom. The number of hydrogen-bond acceptors (Lipinski definition) is 2. The van der Waals surface area contributed by atoms with E-state index in [0.717, 1.165) is 16.9 Å². The number of nitrogens with one attached hydrogen (secondary N) is 1. The van der Waals surface area contributed by atoms with E-state index in [1.807, 2.05) is 25.1 Å². The molecule has 0 fully saturated rings. The summed E-state index contributed by atoms with van der Waals surface area (Å²) in [6.45, 7) is 6.19. The van der Waals surface area contributed by atoms with E-state index >= 15 is 0 Å². The molecule has 2 unspecified atom stereocenters. The average Bonchev–Trinajstić information content (AvgIpc) is 2.47. The molecule has 112 valence electrons. The lowest BCUT2D eigenvalue weighted by Crippen LogP contribution is -2.23.